The lowest BCUT2D eigenvalue weighted by atomic mass is 10.0. The molecule has 3 nitrogen and oxygen atoms in total. The number of rotatable bonds is 6. The van der Waals surface area contributed by atoms with Crippen molar-refractivity contribution in [1.82, 2.24) is 5.32 Å². The van der Waals surface area contributed by atoms with Gasteiger partial charge in [0.25, 0.3) is 0 Å². The molecule has 3 heteroatoms. The first kappa shape index (κ1) is 12.9. The predicted octanol–water partition coefficient (Wildman–Crippen LogP) is 2.58. The number of benzene rings is 2. The SMILES string of the molecule is COCCNCc1c(OC)ccc2ccccc12. The highest BCUT2D eigenvalue weighted by Crippen LogP contribution is 2.27. The second kappa shape index (κ2) is 6.38. The molecule has 2 rings (SSSR count). The van der Waals surface area contributed by atoms with Crippen molar-refractivity contribution in [2.45, 2.75) is 6.54 Å². The van der Waals surface area contributed by atoms with Crippen LogP contribution in [0.3, 0.4) is 0 Å². The lowest BCUT2D eigenvalue weighted by Crippen LogP contribution is -2.19. The Labute approximate surface area is 108 Å². The van der Waals surface area contributed by atoms with Gasteiger partial charge in [0.15, 0.2) is 0 Å². The Balaban J connectivity index is 2.27. The fraction of sp³-hybridized carbons (Fsp3) is 0.333. The molecule has 0 radical (unpaired) electrons. The summed E-state index contributed by atoms with van der Waals surface area (Å²) in [5.41, 5.74) is 1.20. The van der Waals surface area contributed by atoms with Gasteiger partial charge in [-0.05, 0) is 16.8 Å². The molecule has 0 aliphatic carbocycles. The zero-order valence-electron chi connectivity index (χ0n) is 10.9. The summed E-state index contributed by atoms with van der Waals surface area (Å²) in [6.45, 7) is 2.34. The molecule has 0 aliphatic heterocycles. The van der Waals surface area contributed by atoms with Crippen molar-refractivity contribution in [3.63, 3.8) is 0 Å². The van der Waals surface area contributed by atoms with Gasteiger partial charge in [-0.25, -0.2) is 0 Å². The fourth-order valence-corrected chi connectivity index (χ4v) is 2.08. The summed E-state index contributed by atoms with van der Waals surface area (Å²) in [5, 5.41) is 5.84. The van der Waals surface area contributed by atoms with Crippen molar-refractivity contribution in [2.24, 2.45) is 0 Å². The molecule has 0 unspecified atom stereocenters. The molecule has 0 atom stereocenters. The average molecular weight is 245 g/mol. The predicted molar refractivity (Wildman–Crippen MR) is 74.1 cm³/mol. The smallest absolute Gasteiger partial charge is 0.123 e. The van der Waals surface area contributed by atoms with Gasteiger partial charge in [-0.1, -0.05) is 30.3 Å². The number of methoxy groups -OCH3 is 2. The van der Waals surface area contributed by atoms with Crippen LogP contribution in [-0.2, 0) is 11.3 Å². The molecule has 0 spiro atoms. The molecule has 0 saturated carbocycles. The van der Waals surface area contributed by atoms with E-state index in [4.69, 9.17) is 9.47 Å². The van der Waals surface area contributed by atoms with Crippen LogP contribution < -0.4 is 10.1 Å². The van der Waals surface area contributed by atoms with Crippen LogP contribution in [0.15, 0.2) is 36.4 Å². The van der Waals surface area contributed by atoms with Crippen molar-refractivity contribution in [1.29, 1.82) is 0 Å². The van der Waals surface area contributed by atoms with Crippen LogP contribution in [0.4, 0.5) is 0 Å². The Kier molecular flexibility index (Phi) is 4.56. The van der Waals surface area contributed by atoms with Crippen molar-refractivity contribution in [2.75, 3.05) is 27.4 Å². The topological polar surface area (TPSA) is 30.5 Å². The third-order valence-corrected chi connectivity index (χ3v) is 3.00. The highest BCUT2D eigenvalue weighted by Gasteiger charge is 2.07. The lowest BCUT2D eigenvalue weighted by Gasteiger charge is -2.12. The molecular formula is C15H19NO2. The van der Waals surface area contributed by atoms with Crippen LogP contribution in [0.5, 0.6) is 5.75 Å². The Morgan fingerprint density at radius 3 is 2.67 bits per heavy atom. The Bertz CT molecular complexity index is 511. The maximum Gasteiger partial charge on any atom is 0.123 e. The molecule has 2 aromatic rings. The van der Waals surface area contributed by atoms with E-state index < -0.39 is 0 Å². The average Bonchev–Trinajstić information content (AvgIpc) is 2.43. The van der Waals surface area contributed by atoms with E-state index in [0.29, 0.717) is 6.61 Å². The molecule has 0 fully saturated rings. The van der Waals surface area contributed by atoms with E-state index >= 15 is 0 Å². The van der Waals surface area contributed by atoms with E-state index in [2.05, 4.69) is 35.6 Å². The first-order chi connectivity index (χ1) is 8.86. The van der Waals surface area contributed by atoms with Crippen LogP contribution in [0.25, 0.3) is 10.8 Å². The van der Waals surface area contributed by atoms with Crippen molar-refractivity contribution >= 4 is 10.8 Å². The second-order valence-corrected chi connectivity index (χ2v) is 4.14. The summed E-state index contributed by atoms with van der Waals surface area (Å²) in [7, 11) is 3.42. The van der Waals surface area contributed by atoms with Gasteiger partial charge in [0, 0.05) is 25.8 Å². The quantitative estimate of drug-likeness (QED) is 0.793. The van der Waals surface area contributed by atoms with Gasteiger partial charge in [0.2, 0.25) is 0 Å². The number of ether oxygens (including phenoxy) is 2. The van der Waals surface area contributed by atoms with E-state index in [0.717, 1.165) is 18.8 Å². The van der Waals surface area contributed by atoms with Gasteiger partial charge in [-0.3, -0.25) is 0 Å². The van der Waals surface area contributed by atoms with Gasteiger partial charge < -0.3 is 14.8 Å². The number of fused-ring (bicyclic) bond motifs is 1. The summed E-state index contributed by atoms with van der Waals surface area (Å²) in [6.07, 6.45) is 0. The van der Waals surface area contributed by atoms with E-state index in [-0.39, 0.29) is 0 Å². The lowest BCUT2D eigenvalue weighted by molar-refractivity contribution is 0.199. The molecule has 0 amide bonds. The molecule has 0 aliphatic rings. The Morgan fingerprint density at radius 2 is 1.89 bits per heavy atom. The summed E-state index contributed by atoms with van der Waals surface area (Å²) >= 11 is 0. The van der Waals surface area contributed by atoms with Gasteiger partial charge in [0.05, 0.1) is 13.7 Å². The molecule has 0 bridgehead atoms. The first-order valence-electron chi connectivity index (χ1n) is 6.11. The van der Waals surface area contributed by atoms with Gasteiger partial charge in [-0.2, -0.15) is 0 Å². The van der Waals surface area contributed by atoms with Crippen molar-refractivity contribution in [3.05, 3.63) is 42.0 Å². The standard InChI is InChI=1S/C15H19NO2/c1-17-10-9-16-11-14-13-6-4-3-5-12(13)7-8-15(14)18-2/h3-8,16H,9-11H2,1-2H3. The largest absolute Gasteiger partial charge is 0.496 e. The van der Waals surface area contributed by atoms with E-state index in [9.17, 15) is 0 Å². The first-order valence-corrected chi connectivity index (χ1v) is 6.11. The minimum atomic E-state index is 0.715. The Morgan fingerprint density at radius 1 is 1.06 bits per heavy atom. The monoisotopic (exact) mass is 245 g/mol. The van der Waals surface area contributed by atoms with E-state index in [1.165, 1.54) is 16.3 Å². The summed E-state index contributed by atoms with van der Waals surface area (Å²) < 4.78 is 10.5. The van der Waals surface area contributed by atoms with Crippen LogP contribution in [-0.4, -0.2) is 27.4 Å². The number of hydrogen-bond acceptors (Lipinski definition) is 3. The molecule has 0 aromatic heterocycles. The number of hydrogen-bond donors (Lipinski definition) is 1. The van der Waals surface area contributed by atoms with Crippen LogP contribution >= 0.6 is 0 Å². The van der Waals surface area contributed by atoms with Crippen LogP contribution in [0.1, 0.15) is 5.56 Å². The third kappa shape index (κ3) is 2.81. The summed E-state index contributed by atoms with van der Waals surface area (Å²) in [4.78, 5) is 0. The van der Waals surface area contributed by atoms with Crippen molar-refractivity contribution < 1.29 is 9.47 Å². The zero-order valence-corrected chi connectivity index (χ0v) is 10.9. The second-order valence-electron chi connectivity index (χ2n) is 4.14. The van der Waals surface area contributed by atoms with E-state index in [1.807, 2.05) is 6.07 Å². The minimum absolute atomic E-state index is 0.715. The molecule has 18 heavy (non-hydrogen) atoms. The molecule has 1 N–H and O–H groups in total. The maximum atomic E-state index is 5.44. The zero-order chi connectivity index (χ0) is 12.8. The number of nitrogens with one attached hydrogen (secondary N) is 1. The minimum Gasteiger partial charge on any atom is -0.496 e. The molecular weight excluding hydrogens is 226 g/mol. The van der Waals surface area contributed by atoms with Crippen LogP contribution in [0.2, 0.25) is 0 Å². The normalized spacial score (nSPS) is 10.8. The van der Waals surface area contributed by atoms with Gasteiger partial charge in [-0.15, -0.1) is 0 Å². The van der Waals surface area contributed by atoms with Gasteiger partial charge in [0.1, 0.15) is 5.75 Å². The highest BCUT2D eigenvalue weighted by molar-refractivity contribution is 5.87. The fourth-order valence-electron chi connectivity index (χ4n) is 2.08. The third-order valence-electron chi connectivity index (χ3n) is 3.00. The molecule has 0 heterocycles. The van der Waals surface area contributed by atoms with E-state index in [1.54, 1.807) is 14.2 Å². The summed E-state index contributed by atoms with van der Waals surface area (Å²) in [6, 6.07) is 12.5. The molecule has 96 valence electrons. The van der Waals surface area contributed by atoms with Crippen molar-refractivity contribution in [3.8, 4) is 5.75 Å². The maximum absolute atomic E-state index is 5.44. The highest BCUT2D eigenvalue weighted by atomic mass is 16.5. The molecule has 0 saturated heterocycles. The summed E-state index contributed by atoms with van der Waals surface area (Å²) in [5.74, 6) is 0.929. The molecule has 2 aromatic carbocycles. The van der Waals surface area contributed by atoms with Crippen LogP contribution in [0, 0.1) is 0 Å². The Hall–Kier alpha value is -1.58. The van der Waals surface area contributed by atoms with Gasteiger partial charge >= 0.3 is 0 Å².